The van der Waals surface area contributed by atoms with Crippen molar-refractivity contribution in [3.8, 4) is 16.9 Å². The summed E-state index contributed by atoms with van der Waals surface area (Å²) in [6.45, 7) is 3.60. The molecular weight excluding hydrogens is 234 g/mol. The van der Waals surface area contributed by atoms with E-state index in [9.17, 15) is 4.79 Å². The van der Waals surface area contributed by atoms with Crippen LogP contribution in [0.25, 0.3) is 11.1 Å². The van der Waals surface area contributed by atoms with E-state index >= 15 is 0 Å². The first-order valence-electron chi connectivity index (χ1n) is 5.39. The fraction of sp³-hybridized carbons (Fsp3) is 0.231. The zero-order valence-corrected chi connectivity index (χ0v) is 10.4. The minimum Gasteiger partial charge on any atom is -0.496 e. The number of nitrogens with zero attached hydrogens (tertiary/aromatic N) is 1. The SMILES string of the molecule is COc1ccc(C)cc1-c1c(C(=O)O)noc1C. The van der Waals surface area contributed by atoms with Gasteiger partial charge in [0.25, 0.3) is 0 Å². The van der Waals surface area contributed by atoms with Gasteiger partial charge in [-0.2, -0.15) is 0 Å². The van der Waals surface area contributed by atoms with Gasteiger partial charge in [-0.05, 0) is 26.0 Å². The summed E-state index contributed by atoms with van der Waals surface area (Å²) < 4.78 is 10.2. The molecule has 0 unspecified atom stereocenters. The molecule has 2 aromatic rings. The van der Waals surface area contributed by atoms with E-state index in [4.69, 9.17) is 14.4 Å². The Morgan fingerprint density at radius 3 is 2.72 bits per heavy atom. The Morgan fingerprint density at radius 2 is 2.11 bits per heavy atom. The lowest BCUT2D eigenvalue weighted by atomic mass is 10.0. The number of aromatic carboxylic acids is 1. The number of rotatable bonds is 3. The van der Waals surface area contributed by atoms with Gasteiger partial charge >= 0.3 is 5.97 Å². The summed E-state index contributed by atoms with van der Waals surface area (Å²) in [4.78, 5) is 11.1. The summed E-state index contributed by atoms with van der Waals surface area (Å²) in [5.41, 5.74) is 2.04. The van der Waals surface area contributed by atoms with Gasteiger partial charge in [0.05, 0.1) is 12.7 Å². The lowest BCUT2D eigenvalue weighted by molar-refractivity contribution is 0.0686. The summed E-state index contributed by atoms with van der Waals surface area (Å²) in [7, 11) is 1.54. The van der Waals surface area contributed by atoms with Gasteiger partial charge in [-0.3, -0.25) is 0 Å². The first-order chi connectivity index (χ1) is 8.54. The molecule has 0 aliphatic carbocycles. The molecule has 0 saturated heterocycles. The Bertz CT molecular complexity index is 601. The van der Waals surface area contributed by atoms with Crippen LogP contribution in [0.5, 0.6) is 5.75 Å². The molecule has 0 aliphatic rings. The maximum atomic E-state index is 11.1. The summed E-state index contributed by atoms with van der Waals surface area (Å²) in [5.74, 6) is -0.0730. The molecule has 1 N–H and O–H groups in total. The highest BCUT2D eigenvalue weighted by molar-refractivity contribution is 5.95. The van der Waals surface area contributed by atoms with Gasteiger partial charge in [0, 0.05) is 5.56 Å². The topological polar surface area (TPSA) is 72.6 Å². The fourth-order valence-corrected chi connectivity index (χ4v) is 1.85. The minimum atomic E-state index is -1.12. The van der Waals surface area contributed by atoms with Crippen LogP contribution < -0.4 is 4.74 Å². The van der Waals surface area contributed by atoms with Crippen LogP contribution in [0.3, 0.4) is 0 Å². The van der Waals surface area contributed by atoms with Crippen LogP contribution in [0.2, 0.25) is 0 Å². The zero-order chi connectivity index (χ0) is 13.3. The first kappa shape index (κ1) is 12.2. The van der Waals surface area contributed by atoms with Crippen molar-refractivity contribution < 1.29 is 19.2 Å². The number of benzene rings is 1. The summed E-state index contributed by atoms with van der Waals surface area (Å²) >= 11 is 0. The highest BCUT2D eigenvalue weighted by atomic mass is 16.5. The number of ether oxygens (including phenoxy) is 1. The third-order valence-electron chi connectivity index (χ3n) is 2.69. The van der Waals surface area contributed by atoms with Gasteiger partial charge in [-0.25, -0.2) is 4.79 Å². The smallest absolute Gasteiger partial charge is 0.358 e. The number of aromatic nitrogens is 1. The number of methoxy groups -OCH3 is 1. The maximum Gasteiger partial charge on any atom is 0.358 e. The predicted octanol–water partition coefficient (Wildman–Crippen LogP) is 2.67. The first-order valence-corrected chi connectivity index (χ1v) is 5.39. The number of hydrogen-bond donors (Lipinski definition) is 1. The molecule has 0 fully saturated rings. The quantitative estimate of drug-likeness (QED) is 0.902. The van der Waals surface area contributed by atoms with Gasteiger partial charge in [0.15, 0.2) is 5.69 Å². The number of carbonyl (C=O) groups is 1. The Morgan fingerprint density at radius 1 is 1.39 bits per heavy atom. The molecule has 18 heavy (non-hydrogen) atoms. The van der Waals surface area contributed by atoms with E-state index in [2.05, 4.69) is 5.16 Å². The van der Waals surface area contributed by atoms with Gasteiger partial charge in [-0.15, -0.1) is 0 Å². The molecular formula is C13H13NO4. The van der Waals surface area contributed by atoms with Gasteiger partial charge in [0.1, 0.15) is 11.5 Å². The average Bonchev–Trinajstić information content (AvgIpc) is 2.71. The molecule has 5 nitrogen and oxygen atoms in total. The van der Waals surface area contributed by atoms with Crippen molar-refractivity contribution in [2.75, 3.05) is 7.11 Å². The number of carboxylic acids is 1. The Labute approximate surface area is 104 Å². The molecule has 0 radical (unpaired) electrons. The van der Waals surface area contributed by atoms with Crippen LogP contribution in [0.15, 0.2) is 22.7 Å². The standard InChI is InChI=1S/C13H13NO4/c1-7-4-5-10(17-3)9(6-7)11-8(2)18-14-12(11)13(15)16/h4-6H,1-3H3,(H,15,16). The highest BCUT2D eigenvalue weighted by Crippen LogP contribution is 2.35. The summed E-state index contributed by atoms with van der Waals surface area (Å²) in [6, 6.07) is 5.54. The molecule has 2 rings (SSSR count). The van der Waals surface area contributed by atoms with E-state index in [1.54, 1.807) is 13.0 Å². The van der Waals surface area contributed by atoms with Crippen molar-refractivity contribution in [3.05, 3.63) is 35.2 Å². The van der Waals surface area contributed by atoms with Crippen LogP contribution in [0.1, 0.15) is 21.8 Å². The number of hydrogen-bond acceptors (Lipinski definition) is 4. The van der Waals surface area contributed by atoms with E-state index in [1.165, 1.54) is 7.11 Å². The highest BCUT2D eigenvalue weighted by Gasteiger charge is 2.23. The second kappa shape index (κ2) is 4.52. The van der Waals surface area contributed by atoms with Crippen LogP contribution in [-0.2, 0) is 0 Å². The van der Waals surface area contributed by atoms with Crippen LogP contribution in [-0.4, -0.2) is 23.3 Å². The van der Waals surface area contributed by atoms with Crippen molar-refractivity contribution in [1.82, 2.24) is 5.16 Å². The number of carboxylic acid groups (broad SMARTS) is 1. The largest absolute Gasteiger partial charge is 0.496 e. The van der Waals surface area contributed by atoms with Crippen LogP contribution >= 0.6 is 0 Å². The van der Waals surface area contributed by atoms with Crippen LogP contribution in [0, 0.1) is 13.8 Å². The predicted molar refractivity (Wildman–Crippen MR) is 64.9 cm³/mol. The van der Waals surface area contributed by atoms with Crippen molar-refractivity contribution in [3.63, 3.8) is 0 Å². The summed E-state index contributed by atoms with van der Waals surface area (Å²) in [6.07, 6.45) is 0. The van der Waals surface area contributed by atoms with Crippen molar-refractivity contribution in [1.29, 1.82) is 0 Å². The van der Waals surface area contributed by atoms with Crippen molar-refractivity contribution >= 4 is 5.97 Å². The van der Waals surface area contributed by atoms with E-state index in [0.717, 1.165) is 5.56 Å². The normalized spacial score (nSPS) is 10.4. The lowest BCUT2D eigenvalue weighted by Crippen LogP contribution is -2.00. The molecule has 5 heteroatoms. The van der Waals surface area contributed by atoms with Crippen molar-refractivity contribution in [2.24, 2.45) is 0 Å². The molecule has 0 atom stereocenters. The average molecular weight is 247 g/mol. The number of aryl methyl sites for hydroxylation is 2. The van der Waals surface area contributed by atoms with E-state index < -0.39 is 5.97 Å². The maximum absolute atomic E-state index is 11.1. The van der Waals surface area contributed by atoms with Gasteiger partial charge in [0.2, 0.25) is 0 Å². The fourth-order valence-electron chi connectivity index (χ4n) is 1.85. The summed E-state index contributed by atoms with van der Waals surface area (Å²) in [5, 5.41) is 12.7. The molecule has 1 aromatic heterocycles. The monoisotopic (exact) mass is 247 g/mol. The van der Waals surface area contributed by atoms with Gasteiger partial charge in [-0.1, -0.05) is 16.8 Å². The Hall–Kier alpha value is -2.30. The third-order valence-corrected chi connectivity index (χ3v) is 2.69. The van der Waals surface area contributed by atoms with Gasteiger partial charge < -0.3 is 14.4 Å². The van der Waals surface area contributed by atoms with Crippen molar-refractivity contribution in [2.45, 2.75) is 13.8 Å². The molecule has 0 bridgehead atoms. The molecule has 1 aromatic carbocycles. The van der Waals surface area contributed by atoms with Crippen LogP contribution in [0.4, 0.5) is 0 Å². The molecule has 0 amide bonds. The minimum absolute atomic E-state index is 0.101. The molecule has 1 heterocycles. The van der Waals surface area contributed by atoms with E-state index in [-0.39, 0.29) is 5.69 Å². The Balaban J connectivity index is 2.71. The molecule has 0 aliphatic heterocycles. The van der Waals surface area contributed by atoms with E-state index in [1.807, 2.05) is 19.1 Å². The molecule has 94 valence electrons. The second-order valence-electron chi connectivity index (χ2n) is 3.97. The molecule has 0 spiro atoms. The zero-order valence-electron chi connectivity index (χ0n) is 10.4. The lowest BCUT2D eigenvalue weighted by Gasteiger charge is -2.08. The second-order valence-corrected chi connectivity index (χ2v) is 3.97. The molecule has 0 saturated carbocycles. The Kier molecular flexibility index (Phi) is 3.06. The third kappa shape index (κ3) is 1.95. The van der Waals surface area contributed by atoms with E-state index in [0.29, 0.717) is 22.6 Å².